The third-order valence-corrected chi connectivity index (χ3v) is 4.48. The topological polar surface area (TPSA) is 102 Å². The zero-order valence-corrected chi connectivity index (χ0v) is 12.7. The molecule has 3 N–H and O–H groups in total. The van der Waals surface area contributed by atoms with Crippen LogP contribution in [0.25, 0.3) is 0 Å². The highest BCUT2D eigenvalue weighted by atomic mass is 32.2. The molecule has 7 nitrogen and oxygen atoms in total. The molecule has 1 aromatic rings. The predicted octanol–water partition coefficient (Wildman–Crippen LogP) is 1.05. The molecule has 0 unspecified atom stereocenters. The minimum atomic E-state index is -3.53. The Morgan fingerprint density at radius 3 is 2.50 bits per heavy atom. The van der Waals surface area contributed by atoms with Crippen molar-refractivity contribution in [2.75, 3.05) is 24.6 Å². The number of amides is 1. The van der Waals surface area contributed by atoms with E-state index >= 15 is 0 Å². The van der Waals surface area contributed by atoms with Crippen LogP contribution in [0.1, 0.15) is 24.2 Å². The van der Waals surface area contributed by atoms with E-state index in [2.05, 4.69) is 4.72 Å². The fraction of sp³-hybridized carbons (Fsp3) is 0.417. The zero-order chi connectivity index (χ0) is 15.5. The van der Waals surface area contributed by atoms with Crippen LogP contribution in [0.15, 0.2) is 18.2 Å². The number of hydroxylamine groups is 2. The third-order valence-electron chi connectivity index (χ3n) is 2.73. The first-order valence-electron chi connectivity index (χ1n) is 5.92. The Kier molecular flexibility index (Phi) is 4.96. The number of nitrogens with one attached hydrogen (secondary N) is 1. The van der Waals surface area contributed by atoms with Crippen molar-refractivity contribution in [1.29, 1.82) is 0 Å². The Hall–Kier alpha value is -1.80. The maximum Gasteiger partial charge on any atom is 0.277 e. The van der Waals surface area contributed by atoms with Crippen LogP contribution in [-0.2, 0) is 14.9 Å². The van der Waals surface area contributed by atoms with E-state index in [0.29, 0.717) is 0 Å². The highest BCUT2D eigenvalue weighted by molar-refractivity contribution is 7.93. The zero-order valence-electron chi connectivity index (χ0n) is 11.9. The summed E-state index contributed by atoms with van der Waals surface area (Å²) in [6, 6.07) is 4.35. The average molecular weight is 301 g/mol. The van der Waals surface area contributed by atoms with Crippen LogP contribution in [-0.4, -0.2) is 38.8 Å². The van der Waals surface area contributed by atoms with E-state index in [1.165, 1.54) is 32.4 Å². The number of rotatable bonds is 5. The summed E-state index contributed by atoms with van der Waals surface area (Å²) in [5.41, 5.74) is 6.41. The number of anilines is 2. The molecule has 0 aliphatic rings. The van der Waals surface area contributed by atoms with Crippen LogP contribution in [0.5, 0.6) is 0 Å². The van der Waals surface area contributed by atoms with E-state index < -0.39 is 21.2 Å². The largest absolute Gasteiger partial charge is 0.397 e. The smallest absolute Gasteiger partial charge is 0.277 e. The lowest BCUT2D eigenvalue weighted by Crippen LogP contribution is -2.26. The summed E-state index contributed by atoms with van der Waals surface area (Å²) >= 11 is 0. The number of nitrogens with zero attached hydrogens (tertiary/aromatic N) is 1. The predicted molar refractivity (Wildman–Crippen MR) is 77.6 cm³/mol. The van der Waals surface area contributed by atoms with E-state index in [-0.39, 0.29) is 16.9 Å². The molecule has 0 radical (unpaired) electrons. The summed E-state index contributed by atoms with van der Waals surface area (Å²) in [7, 11) is -0.714. The first-order valence-corrected chi connectivity index (χ1v) is 7.47. The van der Waals surface area contributed by atoms with Crippen molar-refractivity contribution in [3.63, 3.8) is 0 Å². The average Bonchev–Trinajstić information content (AvgIpc) is 2.39. The van der Waals surface area contributed by atoms with Crippen molar-refractivity contribution in [3.05, 3.63) is 23.8 Å². The molecular formula is C12H19N3O4S. The molecule has 1 amide bonds. The summed E-state index contributed by atoms with van der Waals surface area (Å²) in [6.07, 6.45) is 0. The first-order chi connectivity index (χ1) is 9.19. The van der Waals surface area contributed by atoms with Gasteiger partial charge in [0, 0.05) is 12.6 Å². The van der Waals surface area contributed by atoms with Gasteiger partial charge < -0.3 is 5.73 Å². The van der Waals surface area contributed by atoms with Gasteiger partial charge in [0.25, 0.3) is 5.91 Å². The molecular weight excluding hydrogens is 282 g/mol. The quantitative estimate of drug-likeness (QED) is 0.625. The van der Waals surface area contributed by atoms with Crippen LogP contribution in [0.4, 0.5) is 11.4 Å². The van der Waals surface area contributed by atoms with Crippen LogP contribution < -0.4 is 10.5 Å². The van der Waals surface area contributed by atoms with Gasteiger partial charge in [0.2, 0.25) is 10.0 Å². The fourth-order valence-corrected chi connectivity index (χ4v) is 2.03. The second-order valence-corrected chi connectivity index (χ2v) is 6.72. The normalized spacial score (nSPS) is 11.4. The molecule has 0 saturated carbocycles. The molecule has 0 aliphatic carbocycles. The van der Waals surface area contributed by atoms with Gasteiger partial charge in [-0.15, -0.1) is 0 Å². The lowest BCUT2D eigenvalue weighted by Gasteiger charge is -2.16. The van der Waals surface area contributed by atoms with Gasteiger partial charge in [0.15, 0.2) is 0 Å². The molecule has 20 heavy (non-hydrogen) atoms. The maximum absolute atomic E-state index is 11.9. The standard InChI is InChI=1S/C12H19N3O4S/c1-8(2)20(17,18)14-11-7-9(5-6-10(11)13)12(16)15(3)19-4/h5-8,14H,13H2,1-4H3. The molecule has 0 aromatic heterocycles. The van der Waals surface area contributed by atoms with Crippen molar-refractivity contribution in [2.45, 2.75) is 19.1 Å². The molecule has 0 aliphatic heterocycles. The Labute approximate surface area is 118 Å². The Balaban J connectivity index is 3.14. The van der Waals surface area contributed by atoms with Crippen molar-refractivity contribution < 1.29 is 18.0 Å². The summed E-state index contributed by atoms with van der Waals surface area (Å²) in [6.45, 7) is 3.10. The van der Waals surface area contributed by atoms with E-state index in [9.17, 15) is 13.2 Å². The number of sulfonamides is 1. The number of nitrogen functional groups attached to an aromatic ring is 1. The van der Waals surface area contributed by atoms with Crippen molar-refractivity contribution >= 4 is 27.3 Å². The lowest BCUT2D eigenvalue weighted by atomic mass is 10.1. The number of hydrogen-bond donors (Lipinski definition) is 2. The van der Waals surface area contributed by atoms with Gasteiger partial charge in [0.1, 0.15) is 0 Å². The monoisotopic (exact) mass is 301 g/mol. The van der Waals surface area contributed by atoms with E-state index in [0.717, 1.165) is 5.06 Å². The highest BCUT2D eigenvalue weighted by Crippen LogP contribution is 2.23. The Morgan fingerprint density at radius 1 is 1.40 bits per heavy atom. The van der Waals surface area contributed by atoms with Gasteiger partial charge in [0.05, 0.1) is 23.7 Å². The fourth-order valence-electron chi connectivity index (χ4n) is 1.31. The van der Waals surface area contributed by atoms with Crippen LogP contribution in [0, 0.1) is 0 Å². The molecule has 0 saturated heterocycles. The number of benzene rings is 1. The van der Waals surface area contributed by atoms with Gasteiger partial charge in [-0.1, -0.05) is 0 Å². The molecule has 1 aromatic carbocycles. The third kappa shape index (κ3) is 3.61. The van der Waals surface area contributed by atoms with Gasteiger partial charge in [-0.3, -0.25) is 14.4 Å². The van der Waals surface area contributed by atoms with Crippen LogP contribution >= 0.6 is 0 Å². The summed E-state index contributed by atoms with van der Waals surface area (Å²) in [5.74, 6) is -0.405. The van der Waals surface area contributed by atoms with Crippen molar-refractivity contribution in [2.24, 2.45) is 0 Å². The number of carbonyl (C=O) groups excluding carboxylic acids is 1. The van der Waals surface area contributed by atoms with Gasteiger partial charge in [-0.2, -0.15) is 0 Å². The minimum Gasteiger partial charge on any atom is -0.397 e. The SMILES string of the molecule is CON(C)C(=O)c1ccc(N)c(NS(=O)(=O)C(C)C)c1. The summed E-state index contributed by atoms with van der Waals surface area (Å²) in [4.78, 5) is 16.7. The molecule has 0 atom stereocenters. The van der Waals surface area contributed by atoms with Gasteiger partial charge >= 0.3 is 0 Å². The van der Waals surface area contributed by atoms with Crippen LogP contribution in [0.2, 0.25) is 0 Å². The maximum atomic E-state index is 11.9. The van der Waals surface area contributed by atoms with E-state index in [4.69, 9.17) is 10.6 Å². The van der Waals surface area contributed by atoms with Gasteiger partial charge in [-0.25, -0.2) is 13.5 Å². The second-order valence-electron chi connectivity index (χ2n) is 4.48. The first kappa shape index (κ1) is 16.3. The Bertz CT molecular complexity index is 599. The molecule has 1 rings (SSSR count). The summed E-state index contributed by atoms with van der Waals surface area (Å²) in [5, 5.41) is 0.426. The second kappa shape index (κ2) is 6.10. The minimum absolute atomic E-state index is 0.175. The number of hydrogen-bond acceptors (Lipinski definition) is 5. The van der Waals surface area contributed by atoms with Crippen molar-refractivity contribution in [1.82, 2.24) is 5.06 Å². The molecule has 0 fully saturated rings. The van der Waals surface area contributed by atoms with E-state index in [1.807, 2.05) is 0 Å². The van der Waals surface area contributed by atoms with E-state index in [1.54, 1.807) is 13.8 Å². The Morgan fingerprint density at radius 2 is 2.00 bits per heavy atom. The van der Waals surface area contributed by atoms with Crippen molar-refractivity contribution in [3.8, 4) is 0 Å². The molecule has 0 heterocycles. The summed E-state index contributed by atoms with van der Waals surface area (Å²) < 4.78 is 26.0. The van der Waals surface area contributed by atoms with Crippen LogP contribution in [0.3, 0.4) is 0 Å². The number of nitrogens with two attached hydrogens (primary N) is 1. The number of carbonyl (C=O) groups is 1. The highest BCUT2D eigenvalue weighted by Gasteiger charge is 2.19. The molecule has 0 spiro atoms. The molecule has 0 bridgehead atoms. The molecule has 8 heteroatoms. The molecule has 112 valence electrons. The lowest BCUT2D eigenvalue weighted by molar-refractivity contribution is -0.0756. The van der Waals surface area contributed by atoms with Gasteiger partial charge in [-0.05, 0) is 32.0 Å².